The largest absolute Gasteiger partial charge is 0.525 e. The summed E-state index contributed by atoms with van der Waals surface area (Å²) in [5, 5.41) is 0. The highest BCUT2D eigenvalue weighted by molar-refractivity contribution is 4.95. The molecule has 0 aromatic rings. The highest BCUT2D eigenvalue weighted by atomic mass is 19.4. The minimum absolute atomic E-state index is 0.0925. The number of halogens is 8. The second-order valence-corrected chi connectivity index (χ2v) is 7.33. The molecule has 0 radical (unpaired) electrons. The van der Waals surface area contributed by atoms with E-state index in [-0.39, 0.29) is 6.42 Å². The Kier molecular flexibility index (Phi) is 8.15. The summed E-state index contributed by atoms with van der Waals surface area (Å²) in [5.41, 5.74) is -6.62. The van der Waals surface area contributed by atoms with Crippen molar-refractivity contribution in [2.45, 2.75) is 89.6 Å². The van der Waals surface area contributed by atoms with Crippen LogP contribution in [0.2, 0.25) is 0 Å². The van der Waals surface area contributed by atoms with Crippen molar-refractivity contribution in [1.29, 1.82) is 0 Å². The molecule has 0 saturated carbocycles. The first kappa shape index (κ1) is 26.3. The molecule has 0 saturated heterocycles. The van der Waals surface area contributed by atoms with Crippen LogP contribution in [0.1, 0.15) is 54.4 Å². The smallest absolute Gasteiger partial charge is 0.366 e. The minimum atomic E-state index is -5.26. The average molecular weight is 418 g/mol. The molecule has 3 nitrogen and oxygen atoms in total. The third kappa shape index (κ3) is 8.06. The Balaban J connectivity index is 5.00. The monoisotopic (exact) mass is 418 g/mol. The SMILES string of the molecule is CCC(C)(OCC(C)(F)OC(F)(F)F)C(C)(F)CCOC(C)(C)C(F)(F)F. The van der Waals surface area contributed by atoms with E-state index in [9.17, 15) is 30.7 Å². The Bertz CT molecular complexity index is 471. The minimum Gasteiger partial charge on any atom is -0.366 e. The maximum absolute atomic E-state index is 15.1. The van der Waals surface area contributed by atoms with Gasteiger partial charge in [0.15, 0.2) is 5.60 Å². The second-order valence-electron chi connectivity index (χ2n) is 7.33. The fraction of sp³-hybridized carbons (Fsp3) is 1.00. The summed E-state index contributed by atoms with van der Waals surface area (Å²) < 4.78 is 117. The van der Waals surface area contributed by atoms with Gasteiger partial charge in [-0.1, -0.05) is 6.92 Å². The van der Waals surface area contributed by atoms with Gasteiger partial charge in [0.1, 0.15) is 12.3 Å². The van der Waals surface area contributed by atoms with Crippen LogP contribution in [0.25, 0.3) is 0 Å². The number of rotatable bonds is 10. The maximum Gasteiger partial charge on any atom is 0.525 e. The van der Waals surface area contributed by atoms with Crippen LogP contribution in [0.5, 0.6) is 0 Å². The van der Waals surface area contributed by atoms with Crippen molar-refractivity contribution in [3.63, 3.8) is 0 Å². The third-order valence-electron chi connectivity index (χ3n) is 4.47. The van der Waals surface area contributed by atoms with Gasteiger partial charge >= 0.3 is 12.5 Å². The Morgan fingerprint density at radius 2 is 1.22 bits per heavy atom. The molecule has 0 bridgehead atoms. The van der Waals surface area contributed by atoms with E-state index in [1.165, 1.54) is 13.8 Å². The molecule has 0 rings (SSSR count). The van der Waals surface area contributed by atoms with Crippen molar-refractivity contribution in [2.24, 2.45) is 0 Å². The summed E-state index contributed by atoms with van der Waals surface area (Å²) in [6.45, 7) is 3.80. The topological polar surface area (TPSA) is 27.7 Å². The molecule has 0 amide bonds. The van der Waals surface area contributed by atoms with Crippen molar-refractivity contribution in [3.8, 4) is 0 Å². The zero-order valence-corrected chi connectivity index (χ0v) is 16.1. The number of alkyl halides is 8. The molecule has 0 fully saturated rings. The van der Waals surface area contributed by atoms with E-state index in [0.717, 1.165) is 20.8 Å². The lowest BCUT2D eigenvalue weighted by Gasteiger charge is -2.42. The van der Waals surface area contributed by atoms with Crippen LogP contribution in [-0.4, -0.2) is 48.5 Å². The van der Waals surface area contributed by atoms with Crippen LogP contribution in [-0.2, 0) is 14.2 Å². The molecule has 0 aliphatic carbocycles. The van der Waals surface area contributed by atoms with E-state index < -0.39 is 54.9 Å². The van der Waals surface area contributed by atoms with Crippen LogP contribution in [0, 0.1) is 0 Å². The Hall–Kier alpha value is -0.680. The molecule has 11 heteroatoms. The number of ether oxygens (including phenoxy) is 3. The van der Waals surface area contributed by atoms with Crippen molar-refractivity contribution >= 4 is 0 Å². The van der Waals surface area contributed by atoms with Gasteiger partial charge in [0, 0.05) is 6.42 Å². The zero-order chi connectivity index (χ0) is 21.9. The first-order valence-electron chi connectivity index (χ1n) is 8.17. The predicted octanol–water partition coefficient (Wildman–Crippen LogP) is 5.87. The van der Waals surface area contributed by atoms with Gasteiger partial charge in [0.25, 0.3) is 0 Å². The van der Waals surface area contributed by atoms with Crippen LogP contribution < -0.4 is 0 Å². The molecule has 0 aromatic heterocycles. The summed E-state index contributed by atoms with van der Waals surface area (Å²) in [4.78, 5) is 0. The molecule has 164 valence electrons. The normalized spacial score (nSPS) is 20.7. The van der Waals surface area contributed by atoms with Crippen molar-refractivity contribution in [2.75, 3.05) is 13.2 Å². The first-order valence-corrected chi connectivity index (χ1v) is 8.17. The second kappa shape index (κ2) is 8.36. The number of hydrogen-bond acceptors (Lipinski definition) is 3. The van der Waals surface area contributed by atoms with Crippen molar-refractivity contribution in [3.05, 3.63) is 0 Å². The predicted molar refractivity (Wildman–Crippen MR) is 81.5 cm³/mol. The molecule has 0 aromatic carbocycles. The highest BCUT2D eigenvalue weighted by Gasteiger charge is 2.51. The first-order chi connectivity index (χ1) is 11.7. The quantitative estimate of drug-likeness (QED) is 0.416. The lowest BCUT2D eigenvalue weighted by molar-refractivity contribution is -0.398. The lowest BCUT2D eigenvalue weighted by Crippen LogP contribution is -2.52. The Morgan fingerprint density at radius 1 is 0.741 bits per heavy atom. The van der Waals surface area contributed by atoms with E-state index in [1.54, 1.807) is 0 Å². The number of hydrogen-bond donors (Lipinski definition) is 0. The molecule has 0 spiro atoms. The Morgan fingerprint density at radius 3 is 1.59 bits per heavy atom. The van der Waals surface area contributed by atoms with E-state index in [4.69, 9.17) is 9.47 Å². The highest BCUT2D eigenvalue weighted by Crippen LogP contribution is 2.39. The Labute approximate surface area is 153 Å². The van der Waals surface area contributed by atoms with Crippen LogP contribution in [0.3, 0.4) is 0 Å². The van der Waals surface area contributed by atoms with Gasteiger partial charge in [-0.2, -0.15) is 13.2 Å². The van der Waals surface area contributed by atoms with Gasteiger partial charge in [-0.3, -0.25) is 4.74 Å². The summed E-state index contributed by atoms with van der Waals surface area (Å²) in [7, 11) is 0. The van der Waals surface area contributed by atoms with E-state index in [0.29, 0.717) is 6.92 Å². The summed E-state index contributed by atoms with van der Waals surface area (Å²) in [6.07, 6.45) is -10.6. The average Bonchev–Trinajstić information content (AvgIpc) is 2.40. The fourth-order valence-electron chi connectivity index (χ4n) is 2.02. The molecule has 0 N–H and O–H groups in total. The van der Waals surface area contributed by atoms with Gasteiger partial charge in [0.05, 0.1) is 12.2 Å². The summed E-state index contributed by atoms with van der Waals surface area (Å²) in [5.74, 6) is -3.26. The molecule has 3 unspecified atom stereocenters. The van der Waals surface area contributed by atoms with Crippen LogP contribution in [0.4, 0.5) is 35.1 Å². The summed E-state index contributed by atoms with van der Waals surface area (Å²) in [6, 6.07) is 0. The van der Waals surface area contributed by atoms with Crippen molar-refractivity contribution in [1.82, 2.24) is 0 Å². The van der Waals surface area contributed by atoms with Crippen molar-refractivity contribution < 1.29 is 49.3 Å². The van der Waals surface area contributed by atoms with Gasteiger partial charge in [0.2, 0.25) is 5.85 Å². The molecule has 3 atom stereocenters. The van der Waals surface area contributed by atoms with Crippen LogP contribution in [0.15, 0.2) is 0 Å². The van der Waals surface area contributed by atoms with E-state index >= 15 is 4.39 Å². The van der Waals surface area contributed by atoms with Gasteiger partial charge in [-0.25, -0.2) is 8.78 Å². The van der Waals surface area contributed by atoms with Gasteiger partial charge < -0.3 is 9.47 Å². The molecular weight excluding hydrogens is 392 g/mol. The third-order valence-corrected chi connectivity index (χ3v) is 4.47. The zero-order valence-electron chi connectivity index (χ0n) is 16.1. The molecule has 0 aliphatic rings. The van der Waals surface area contributed by atoms with E-state index in [2.05, 4.69) is 4.74 Å². The van der Waals surface area contributed by atoms with E-state index in [1.807, 2.05) is 0 Å². The van der Waals surface area contributed by atoms with Gasteiger partial charge in [-0.15, -0.1) is 13.2 Å². The standard InChI is InChI=1S/C16H26F8O3/c1-7-13(5,26-10-14(6,18)27-16(22,23)24)12(4,17)8-9-25-11(2,3)15(19,20)21/h7-10H2,1-6H3. The molecule has 27 heavy (non-hydrogen) atoms. The summed E-state index contributed by atoms with van der Waals surface area (Å²) >= 11 is 0. The molecule has 0 heterocycles. The maximum atomic E-state index is 15.1. The lowest BCUT2D eigenvalue weighted by atomic mass is 9.82. The fourth-order valence-corrected chi connectivity index (χ4v) is 2.02. The molecular formula is C16H26F8O3. The molecule has 0 aliphatic heterocycles. The van der Waals surface area contributed by atoms with Gasteiger partial charge in [-0.05, 0) is 41.0 Å². The van der Waals surface area contributed by atoms with Crippen LogP contribution >= 0.6 is 0 Å².